The molecule has 2 saturated heterocycles. The van der Waals surface area contributed by atoms with E-state index in [4.69, 9.17) is 14.2 Å². The lowest BCUT2D eigenvalue weighted by atomic mass is 9.81. The van der Waals surface area contributed by atoms with Crippen molar-refractivity contribution in [1.82, 2.24) is 0 Å². The molecule has 0 aromatic heterocycles. The van der Waals surface area contributed by atoms with Gasteiger partial charge in [-0.25, -0.2) is 0 Å². The number of ether oxygens (including phenoxy) is 3. The maximum Gasteiger partial charge on any atom is 0.312 e. The van der Waals surface area contributed by atoms with Crippen molar-refractivity contribution >= 4 is 5.97 Å². The van der Waals surface area contributed by atoms with Crippen molar-refractivity contribution in [2.75, 3.05) is 19.8 Å². The summed E-state index contributed by atoms with van der Waals surface area (Å²) in [5, 5.41) is 92.1. The normalized spacial score (nSPS) is 39.1. The van der Waals surface area contributed by atoms with E-state index in [1.54, 1.807) is 0 Å². The molecule has 0 aromatic carbocycles. The largest absolute Gasteiger partial charge is 0.481 e. The minimum atomic E-state index is -2.73. The average molecular weight is 541 g/mol. The van der Waals surface area contributed by atoms with E-state index in [0.29, 0.717) is 12.8 Å². The van der Waals surface area contributed by atoms with Crippen molar-refractivity contribution in [1.29, 1.82) is 0 Å². The number of carbonyl (C=O) groups is 1. The summed E-state index contributed by atoms with van der Waals surface area (Å²) < 4.78 is 16.8. The number of hydrogen-bond acceptors (Lipinski definition) is 12. The highest BCUT2D eigenvalue weighted by Crippen LogP contribution is 2.45. The summed E-state index contributed by atoms with van der Waals surface area (Å²) in [5.41, 5.74) is 0. The van der Waals surface area contributed by atoms with Crippen LogP contribution in [-0.4, -0.2) is 126 Å². The zero-order valence-corrected chi connectivity index (χ0v) is 21.3. The Morgan fingerprint density at radius 3 is 1.81 bits per heavy atom. The minimum absolute atomic E-state index is 0.133. The van der Waals surface area contributed by atoms with Gasteiger partial charge in [-0.2, -0.15) is 0 Å². The highest BCUT2D eigenvalue weighted by atomic mass is 16.8. The average Bonchev–Trinajstić information content (AvgIpc) is 3.12. The Hall–Kier alpha value is -0.970. The summed E-state index contributed by atoms with van der Waals surface area (Å²) in [7, 11) is 0. The summed E-state index contributed by atoms with van der Waals surface area (Å²) in [5.74, 6) is -8.53. The Bertz CT molecular complexity index is 694. The SMILES string of the molecule is CCCCCCCCCCC(C(=O)O)[C@@]1(OC2(CO)O[C@H](CO)[C@@H](O)[C@@H]2O)O[C@H](CO)[C@@H](O)[C@H](O)[C@H]1O. The summed E-state index contributed by atoms with van der Waals surface area (Å²) in [6.07, 6.45) is -5.82. The molecule has 2 aliphatic heterocycles. The van der Waals surface area contributed by atoms with E-state index in [1.165, 1.54) is 0 Å². The second kappa shape index (κ2) is 14.4. The Labute approximate surface area is 216 Å². The summed E-state index contributed by atoms with van der Waals surface area (Å²) in [6.45, 7) is -0.727. The van der Waals surface area contributed by atoms with E-state index >= 15 is 0 Å². The number of aliphatic carboxylic acids is 1. The molecule has 0 amide bonds. The van der Waals surface area contributed by atoms with Crippen LogP contribution in [0.15, 0.2) is 0 Å². The van der Waals surface area contributed by atoms with Gasteiger partial charge in [-0.1, -0.05) is 58.3 Å². The van der Waals surface area contributed by atoms with E-state index in [1.807, 2.05) is 0 Å². The monoisotopic (exact) mass is 540 g/mol. The third kappa shape index (κ3) is 6.97. The van der Waals surface area contributed by atoms with Gasteiger partial charge in [0.05, 0.1) is 13.2 Å². The van der Waals surface area contributed by atoms with Gasteiger partial charge in [0.2, 0.25) is 11.6 Å². The van der Waals surface area contributed by atoms with Gasteiger partial charge in [0.25, 0.3) is 0 Å². The molecule has 2 fully saturated rings. The smallest absolute Gasteiger partial charge is 0.312 e. The molecule has 10 atom stereocenters. The van der Waals surface area contributed by atoms with Crippen molar-refractivity contribution in [3.63, 3.8) is 0 Å². The van der Waals surface area contributed by atoms with Gasteiger partial charge in [0.15, 0.2) is 0 Å². The molecule has 0 aromatic rings. The number of carboxylic acids is 1. The van der Waals surface area contributed by atoms with Crippen LogP contribution in [0.2, 0.25) is 0 Å². The molecule has 0 aliphatic carbocycles. The number of aliphatic hydroxyl groups is 8. The lowest BCUT2D eigenvalue weighted by Gasteiger charge is -2.53. The molecule has 218 valence electrons. The summed E-state index contributed by atoms with van der Waals surface area (Å²) in [6, 6.07) is 0. The van der Waals surface area contributed by atoms with Gasteiger partial charge >= 0.3 is 5.97 Å². The van der Waals surface area contributed by atoms with E-state index in [2.05, 4.69) is 6.92 Å². The molecule has 37 heavy (non-hydrogen) atoms. The topological polar surface area (TPSA) is 227 Å². The predicted octanol–water partition coefficient (Wildman–Crippen LogP) is -1.79. The maximum atomic E-state index is 12.5. The highest BCUT2D eigenvalue weighted by molar-refractivity contribution is 5.71. The summed E-state index contributed by atoms with van der Waals surface area (Å²) in [4.78, 5) is 12.5. The third-order valence-corrected chi connectivity index (χ3v) is 7.35. The van der Waals surface area contributed by atoms with Gasteiger partial charge in [0.1, 0.15) is 55.3 Å². The van der Waals surface area contributed by atoms with Crippen molar-refractivity contribution in [2.24, 2.45) is 5.92 Å². The van der Waals surface area contributed by atoms with Crippen LogP contribution >= 0.6 is 0 Å². The number of carboxylic acid groups (broad SMARTS) is 1. The van der Waals surface area contributed by atoms with Gasteiger partial charge in [0, 0.05) is 0 Å². The second-order valence-corrected chi connectivity index (χ2v) is 9.99. The molecule has 2 heterocycles. The van der Waals surface area contributed by atoms with E-state index in [0.717, 1.165) is 38.5 Å². The number of rotatable bonds is 16. The first-order valence-electron chi connectivity index (χ1n) is 13.1. The van der Waals surface area contributed by atoms with Crippen LogP contribution in [0, 0.1) is 5.92 Å². The van der Waals surface area contributed by atoms with E-state index in [9.17, 15) is 50.8 Å². The zero-order valence-electron chi connectivity index (χ0n) is 21.3. The van der Waals surface area contributed by atoms with Crippen LogP contribution in [0.1, 0.15) is 64.7 Å². The molecule has 2 rings (SSSR count). The molecular formula is C24H44O13. The molecule has 9 N–H and O–H groups in total. The van der Waals surface area contributed by atoms with Crippen molar-refractivity contribution in [3.05, 3.63) is 0 Å². The molecular weight excluding hydrogens is 496 g/mol. The van der Waals surface area contributed by atoms with Crippen LogP contribution in [0.25, 0.3) is 0 Å². The highest BCUT2D eigenvalue weighted by Gasteiger charge is 2.66. The maximum absolute atomic E-state index is 12.5. The zero-order chi connectivity index (χ0) is 27.8. The number of hydrogen-bond donors (Lipinski definition) is 9. The first-order valence-corrected chi connectivity index (χ1v) is 13.1. The Morgan fingerprint density at radius 2 is 1.32 bits per heavy atom. The standard InChI is InChI=1S/C24H44O13/c1-2-3-4-5-6-7-8-9-10-14(22(33)34)24(21(32)19(30)17(28)15(11-25)36-24)37-23(13-27)20(31)18(29)16(12-26)35-23/h14-21,25-32H,2-13H2,1H3,(H,33,34)/t14?,15-,16-,17-,18-,19+,20+,21-,23?,24+/m1/s1. The molecule has 13 nitrogen and oxygen atoms in total. The van der Waals surface area contributed by atoms with Gasteiger partial charge < -0.3 is 60.2 Å². The van der Waals surface area contributed by atoms with Crippen molar-refractivity contribution < 1.29 is 65.0 Å². The quantitative estimate of drug-likeness (QED) is 0.0987. The second-order valence-electron chi connectivity index (χ2n) is 9.99. The number of unbranched alkanes of at least 4 members (excludes halogenated alkanes) is 7. The molecule has 0 saturated carbocycles. The first-order chi connectivity index (χ1) is 17.5. The predicted molar refractivity (Wildman–Crippen MR) is 126 cm³/mol. The van der Waals surface area contributed by atoms with Gasteiger partial charge in [-0.15, -0.1) is 0 Å². The Morgan fingerprint density at radius 1 is 0.784 bits per heavy atom. The summed E-state index contributed by atoms with van der Waals surface area (Å²) >= 11 is 0. The minimum Gasteiger partial charge on any atom is -0.481 e. The molecule has 2 unspecified atom stereocenters. The molecule has 13 heteroatoms. The molecule has 2 aliphatic rings. The number of aliphatic hydroxyl groups excluding tert-OH is 8. The van der Waals surface area contributed by atoms with Crippen LogP contribution in [-0.2, 0) is 19.0 Å². The first kappa shape index (κ1) is 32.2. The Kier molecular flexibility index (Phi) is 12.6. The van der Waals surface area contributed by atoms with Crippen molar-refractivity contribution in [3.8, 4) is 0 Å². The molecule has 0 bridgehead atoms. The molecule has 0 spiro atoms. The fraction of sp³-hybridized carbons (Fsp3) is 0.958. The van der Waals surface area contributed by atoms with Crippen molar-refractivity contribution in [2.45, 2.75) is 119 Å². The van der Waals surface area contributed by atoms with Crippen LogP contribution in [0.4, 0.5) is 0 Å². The van der Waals surface area contributed by atoms with Crippen LogP contribution in [0.3, 0.4) is 0 Å². The van der Waals surface area contributed by atoms with Gasteiger partial charge in [-0.05, 0) is 6.42 Å². The van der Waals surface area contributed by atoms with E-state index in [-0.39, 0.29) is 6.42 Å². The Balaban J connectivity index is 2.36. The lowest BCUT2D eigenvalue weighted by Crippen LogP contribution is -2.72. The fourth-order valence-corrected chi connectivity index (χ4v) is 5.11. The van der Waals surface area contributed by atoms with E-state index < -0.39 is 86.0 Å². The lowest BCUT2D eigenvalue weighted by molar-refractivity contribution is -0.445. The fourth-order valence-electron chi connectivity index (χ4n) is 5.11. The van der Waals surface area contributed by atoms with Crippen LogP contribution in [0.5, 0.6) is 0 Å². The van der Waals surface area contributed by atoms with Gasteiger partial charge in [-0.3, -0.25) is 4.79 Å². The molecule has 0 radical (unpaired) electrons. The third-order valence-electron chi connectivity index (χ3n) is 7.35. The van der Waals surface area contributed by atoms with Crippen LogP contribution < -0.4 is 0 Å².